The number of para-hydroxylation sites is 3. The minimum Gasteiger partial charge on any atom is -0.492 e. The molecule has 0 aliphatic rings. The number of rotatable bonds is 7. The summed E-state index contributed by atoms with van der Waals surface area (Å²) in [5.74, 6) is 0.818. The number of hydrazone groups is 1. The molecule has 0 aliphatic heterocycles. The quantitative estimate of drug-likeness (QED) is 0.466. The zero-order valence-electron chi connectivity index (χ0n) is 12.4. The van der Waals surface area contributed by atoms with Crippen molar-refractivity contribution in [3.63, 3.8) is 0 Å². The fourth-order valence-corrected chi connectivity index (χ4v) is 1.80. The monoisotopic (exact) mass is 305 g/mol. The van der Waals surface area contributed by atoms with E-state index in [9.17, 15) is 0 Å². The van der Waals surface area contributed by atoms with E-state index in [0.717, 1.165) is 11.4 Å². The molecule has 0 atom stereocenters. The highest BCUT2D eigenvalue weighted by atomic mass is 16.5. The molecule has 0 unspecified atom stereocenters. The summed E-state index contributed by atoms with van der Waals surface area (Å²) in [6.45, 7) is 1.10. The van der Waals surface area contributed by atoms with Crippen molar-refractivity contribution in [2.75, 3.05) is 23.9 Å². The highest BCUT2D eigenvalue weighted by Gasteiger charge is 2.01. The first kappa shape index (κ1) is 15.9. The van der Waals surface area contributed by atoms with Crippen LogP contribution in [0, 0.1) is 22.7 Å². The molecule has 0 aliphatic carbocycles. The highest BCUT2D eigenvalue weighted by Crippen LogP contribution is 2.20. The molecule has 2 N–H and O–H groups in total. The van der Waals surface area contributed by atoms with Gasteiger partial charge < -0.3 is 10.1 Å². The Hall–Kier alpha value is -3.51. The number of hydrogen-bond acceptors (Lipinski definition) is 6. The van der Waals surface area contributed by atoms with E-state index in [1.807, 2.05) is 48.5 Å². The van der Waals surface area contributed by atoms with E-state index in [-0.39, 0.29) is 5.71 Å². The first-order valence-corrected chi connectivity index (χ1v) is 6.98. The van der Waals surface area contributed by atoms with E-state index in [2.05, 4.69) is 15.8 Å². The summed E-state index contributed by atoms with van der Waals surface area (Å²) in [5, 5.41) is 24.3. The van der Waals surface area contributed by atoms with Crippen LogP contribution in [0.3, 0.4) is 0 Å². The van der Waals surface area contributed by atoms with Gasteiger partial charge in [0.2, 0.25) is 5.71 Å². The van der Waals surface area contributed by atoms with Crippen LogP contribution < -0.4 is 15.5 Å². The van der Waals surface area contributed by atoms with Gasteiger partial charge in [-0.25, -0.2) is 0 Å². The smallest absolute Gasteiger partial charge is 0.237 e. The van der Waals surface area contributed by atoms with E-state index in [4.69, 9.17) is 15.3 Å². The lowest BCUT2D eigenvalue weighted by Crippen LogP contribution is -2.12. The third-order valence-electron chi connectivity index (χ3n) is 2.86. The van der Waals surface area contributed by atoms with Gasteiger partial charge in [-0.15, -0.1) is 0 Å². The van der Waals surface area contributed by atoms with Crippen LogP contribution in [-0.2, 0) is 0 Å². The number of nitriles is 2. The molecule has 0 saturated carbocycles. The number of anilines is 2. The Balaban J connectivity index is 1.89. The Morgan fingerprint density at radius 3 is 2.30 bits per heavy atom. The molecule has 114 valence electrons. The number of benzene rings is 2. The Kier molecular flexibility index (Phi) is 6.01. The summed E-state index contributed by atoms with van der Waals surface area (Å²) in [7, 11) is 0. The molecule has 0 bridgehead atoms. The molecule has 0 spiro atoms. The second kappa shape index (κ2) is 8.71. The predicted octanol–water partition coefficient (Wildman–Crippen LogP) is 2.99. The van der Waals surface area contributed by atoms with Crippen molar-refractivity contribution in [3.05, 3.63) is 54.6 Å². The van der Waals surface area contributed by atoms with Crippen LogP contribution in [0.15, 0.2) is 59.7 Å². The van der Waals surface area contributed by atoms with Gasteiger partial charge in [0, 0.05) is 6.54 Å². The molecule has 0 heterocycles. The number of hydrogen-bond donors (Lipinski definition) is 2. The average Bonchev–Trinajstić information content (AvgIpc) is 2.61. The average molecular weight is 305 g/mol. The Labute approximate surface area is 134 Å². The maximum absolute atomic E-state index is 8.68. The summed E-state index contributed by atoms with van der Waals surface area (Å²) < 4.78 is 5.60. The fraction of sp³-hybridized carbons (Fsp3) is 0.118. The van der Waals surface area contributed by atoms with Crippen molar-refractivity contribution >= 4 is 17.1 Å². The number of nitrogens with one attached hydrogen (secondary N) is 2. The molecular weight excluding hydrogens is 290 g/mol. The van der Waals surface area contributed by atoms with Crippen LogP contribution in [0.1, 0.15) is 0 Å². The van der Waals surface area contributed by atoms with Crippen molar-refractivity contribution in [1.82, 2.24) is 0 Å². The molecular formula is C17H15N5O. The molecule has 6 heteroatoms. The van der Waals surface area contributed by atoms with E-state index >= 15 is 0 Å². The van der Waals surface area contributed by atoms with Crippen molar-refractivity contribution < 1.29 is 4.74 Å². The first-order chi connectivity index (χ1) is 11.3. The molecule has 0 radical (unpaired) electrons. The van der Waals surface area contributed by atoms with E-state index < -0.39 is 0 Å². The molecule has 2 aromatic carbocycles. The Morgan fingerprint density at radius 2 is 1.61 bits per heavy atom. The van der Waals surface area contributed by atoms with Crippen LogP contribution >= 0.6 is 0 Å². The fourth-order valence-electron chi connectivity index (χ4n) is 1.80. The molecule has 2 aromatic rings. The molecule has 0 aromatic heterocycles. The maximum Gasteiger partial charge on any atom is 0.237 e. The molecule has 23 heavy (non-hydrogen) atoms. The highest BCUT2D eigenvalue weighted by molar-refractivity contribution is 6.10. The van der Waals surface area contributed by atoms with Gasteiger partial charge in [-0.2, -0.15) is 15.6 Å². The van der Waals surface area contributed by atoms with Crippen LogP contribution in [0.5, 0.6) is 5.75 Å². The topological polar surface area (TPSA) is 93.2 Å². The van der Waals surface area contributed by atoms with Gasteiger partial charge in [-0.1, -0.05) is 30.3 Å². The standard InChI is InChI=1S/C17H15N5O/c18-12-14(13-19)21-22-17-9-5-4-8-16(17)20-10-11-23-15-6-2-1-3-7-15/h1-9,20,22H,10-11H2. The molecule has 0 saturated heterocycles. The summed E-state index contributed by atoms with van der Waals surface area (Å²) in [4.78, 5) is 0. The lowest BCUT2D eigenvalue weighted by Gasteiger charge is -2.12. The Bertz CT molecular complexity index is 728. The van der Waals surface area contributed by atoms with Crippen molar-refractivity contribution in [2.45, 2.75) is 0 Å². The first-order valence-electron chi connectivity index (χ1n) is 6.98. The zero-order valence-corrected chi connectivity index (χ0v) is 12.4. The normalized spacial score (nSPS) is 9.13. The van der Waals surface area contributed by atoms with Crippen molar-refractivity contribution in [1.29, 1.82) is 10.5 Å². The number of ether oxygens (including phenoxy) is 1. The van der Waals surface area contributed by atoms with Gasteiger partial charge in [0.05, 0.1) is 11.4 Å². The van der Waals surface area contributed by atoms with Gasteiger partial charge in [-0.3, -0.25) is 5.43 Å². The van der Waals surface area contributed by atoms with Crippen LogP contribution in [0.4, 0.5) is 11.4 Å². The minimum atomic E-state index is -0.229. The second-order valence-corrected chi connectivity index (χ2v) is 4.43. The van der Waals surface area contributed by atoms with Crippen molar-refractivity contribution in [3.8, 4) is 17.9 Å². The van der Waals surface area contributed by atoms with Gasteiger partial charge in [0.15, 0.2) is 0 Å². The van der Waals surface area contributed by atoms with Crippen LogP contribution in [0.25, 0.3) is 0 Å². The van der Waals surface area contributed by atoms with Crippen LogP contribution in [-0.4, -0.2) is 18.9 Å². The maximum atomic E-state index is 8.68. The molecule has 0 amide bonds. The van der Waals surface area contributed by atoms with E-state index in [1.54, 1.807) is 18.2 Å². The number of nitrogens with zero attached hydrogens (tertiary/aromatic N) is 3. The van der Waals surface area contributed by atoms with Crippen LogP contribution in [0.2, 0.25) is 0 Å². The summed E-state index contributed by atoms with van der Waals surface area (Å²) in [6.07, 6.45) is 0. The lowest BCUT2D eigenvalue weighted by atomic mass is 10.2. The van der Waals surface area contributed by atoms with E-state index in [0.29, 0.717) is 18.8 Å². The van der Waals surface area contributed by atoms with Gasteiger partial charge in [0.25, 0.3) is 0 Å². The summed E-state index contributed by atoms with van der Waals surface area (Å²) in [5.41, 5.74) is 3.97. The van der Waals surface area contributed by atoms with Gasteiger partial charge in [-0.05, 0) is 24.3 Å². The largest absolute Gasteiger partial charge is 0.492 e. The van der Waals surface area contributed by atoms with Crippen molar-refractivity contribution in [2.24, 2.45) is 5.10 Å². The van der Waals surface area contributed by atoms with E-state index in [1.165, 1.54) is 0 Å². The van der Waals surface area contributed by atoms with Gasteiger partial charge in [0.1, 0.15) is 24.5 Å². The predicted molar refractivity (Wildman–Crippen MR) is 89.2 cm³/mol. The second-order valence-electron chi connectivity index (χ2n) is 4.43. The molecule has 2 rings (SSSR count). The molecule has 6 nitrogen and oxygen atoms in total. The summed E-state index contributed by atoms with van der Waals surface area (Å²) in [6, 6.07) is 20.4. The molecule has 0 fully saturated rings. The Morgan fingerprint density at radius 1 is 0.957 bits per heavy atom. The third kappa shape index (κ3) is 5.07. The minimum absolute atomic E-state index is 0.229. The van der Waals surface area contributed by atoms with Gasteiger partial charge >= 0.3 is 0 Å². The third-order valence-corrected chi connectivity index (χ3v) is 2.86. The summed E-state index contributed by atoms with van der Waals surface area (Å²) >= 11 is 0. The zero-order chi connectivity index (χ0) is 16.3. The lowest BCUT2D eigenvalue weighted by molar-refractivity contribution is 0.333. The SMILES string of the molecule is N#CC(C#N)=NNc1ccccc1NCCOc1ccccc1.